The van der Waals surface area contributed by atoms with Crippen molar-refractivity contribution >= 4 is 41.1 Å². The molecule has 1 unspecified atom stereocenters. The molecule has 0 N–H and O–H groups in total. The van der Waals surface area contributed by atoms with Gasteiger partial charge in [-0.3, -0.25) is 0 Å². The fourth-order valence-electron chi connectivity index (χ4n) is 7.48. The summed E-state index contributed by atoms with van der Waals surface area (Å²) >= 11 is -4.30. The van der Waals surface area contributed by atoms with Gasteiger partial charge in [0.1, 0.15) is 0 Å². The van der Waals surface area contributed by atoms with E-state index in [9.17, 15) is 0 Å². The standard InChI is InChI=1S/C13H9.C13H13.C6H5.C2H5.CH2.2ClH.Zr/c1-3-7-12-10(5-1)9-11-6-2-4-8-13(11)12;1-10-8-11(2)13(9-10)12-6-4-3-5-7-12;1-2-4-6-5-3-1;1-2;;;;/h1-5,7-8H,9H2;3-7,9-10H,1-2H3;1-5H;1H2,2H3;1H2;2*1H;. The van der Waals surface area contributed by atoms with Gasteiger partial charge in [-0.25, -0.2) is 0 Å². The number of fused-ring (bicyclic) bond motifs is 3. The van der Waals surface area contributed by atoms with Crippen LogP contribution in [-0.2, 0) is 24.7 Å². The molecule has 38 heavy (non-hydrogen) atoms. The van der Waals surface area contributed by atoms with E-state index in [4.69, 9.17) is 4.21 Å². The SMILES string of the molecule is Cl.Cl.[CH2]=[Zr]([CH2]C)([C]1=C(C)C(c2ccccc2)=CC1C)([c]1ccccc1)[c]1cccc2c1Cc1ccccc1-2. The van der Waals surface area contributed by atoms with E-state index in [0.717, 1.165) is 10.5 Å². The molecule has 0 spiro atoms. The topological polar surface area (TPSA) is 0 Å². The van der Waals surface area contributed by atoms with Crippen molar-refractivity contribution in [2.45, 2.75) is 31.3 Å². The number of rotatable bonds is 5. The zero-order valence-corrected chi connectivity index (χ0v) is 26.5. The van der Waals surface area contributed by atoms with Crippen LogP contribution in [-0.4, -0.2) is 4.21 Å². The maximum atomic E-state index is 5.53. The average molecular weight is 619 g/mol. The Hall–Kier alpha value is -2.31. The van der Waals surface area contributed by atoms with Gasteiger partial charge in [-0.05, 0) is 0 Å². The van der Waals surface area contributed by atoms with Crippen LogP contribution in [0.5, 0.6) is 0 Å². The number of hydrogen-bond donors (Lipinski definition) is 0. The molecule has 2 aliphatic rings. The number of allylic oxidation sites excluding steroid dienone is 4. The van der Waals surface area contributed by atoms with Gasteiger partial charge >= 0.3 is 218 Å². The van der Waals surface area contributed by atoms with Crippen molar-refractivity contribution in [1.82, 2.24) is 0 Å². The summed E-state index contributed by atoms with van der Waals surface area (Å²) in [5.41, 5.74) is 9.94. The Labute approximate surface area is 241 Å². The zero-order chi connectivity index (χ0) is 24.9. The first kappa shape index (κ1) is 28.7. The summed E-state index contributed by atoms with van der Waals surface area (Å²) in [6, 6.07) is 38.3. The Morgan fingerprint density at radius 2 is 1.37 bits per heavy atom. The van der Waals surface area contributed by atoms with Gasteiger partial charge in [-0.1, -0.05) is 0 Å². The molecule has 4 aromatic carbocycles. The van der Waals surface area contributed by atoms with Crippen LogP contribution in [0.3, 0.4) is 0 Å². The fourth-order valence-corrected chi connectivity index (χ4v) is 24.1. The van der Waals surface area contributed by atoms with Crippen molar-refractivity contribution in [1.29, 1.82) is 0 Å². The second-order valence-corrected chi connectivity index (χ2v) is 24.9. The quantitative estimate of drug-likeness (QED) is 0.185. The summed E-state index contributed by atoms with van der Waals surface area (Å²) in [6.45, 7) is 7.19. The zero-order valence-electron chi connectivity index (χ0n) is 22.4. The molecule has 0 nitrogen and oxygen atoms in total. The molecule has 0 bridgehead atoms. The number of halogens is 2. The van der Waals surface area contributed by atoms with Crippen LogP contribution < -0.4 is 6.54 Å². The van der Waals surface area contributed by atoms with Gasteiger partial charge in [0.15, 0.2) is 0 Å². The van der Waals surface area contributed by atoms with Crippen LogP contribution in [0.25, 0.3) is 16.7 Å². The molecule has 0 heterocycles. The van der Waals surface area contributed by atoms with Crippen LogP contribution in [0.1, 0.15) is 37.5 Å². The van der Waals surface area contributed by atoms with Crippen molar-refractivity contribution in [2.24, 2.45) is 5.92 Å². The van der Waals surface area contributed by atoms with Gasteiger partial charge in [0.25, 0.3) is 0 Å². The Bertz CT molecular complexity index is 1610. The van der Waals surface area contributed by atoms with E-state index in [0.29, 0.717) is 5.92 Å². The summed E-state index contributed by atoms with van der Waals surface area (Å²) in [5, 5.41) is 0. The predicted octanol–water partition coefficient (Wildman–Crippen LogP) is 8.62. The van der Waals surface area contributed by atoms with Crippen LogP contribution >= 0.6 is 24.8 Å². The molecule has 194 valence electrons. The van der Waals surface area contributed by atoms with E-state index in [-0.39, 0.29) is 24.8 Å². The van der Waals surface area contributed by atoms with E-state index < -0.39 is 18.3 Å². The van der Waals surface area contributed by atoms with E-state index >= 15 is 0 Å². The molecule has 0 amide bonds. The molecule has 3 heteroatoms. The molecular weight excluding hydrogens is 583 g/mol. The van der Waals surface area contributed by atoms with Gasteiger partial charge < -0.3 is 0 Å². The van der Waals surface area contributed by atoms with Crippen molar-refractivity contribution in [3.63, 3.8) is 0 Å². The van der Waals surface area contributed by atoms with E-state index in [1.54, 1.807) is 6.55 Å². The van der Waals surface area contributed by atoms with Gasteiger partial charge in [0, 0.05) is 0 Å². The third-order valence-electron chi connectivity index (χ3n) is 9.17. The third kappa shape index (κ3) is 4.02. The second kappa shape index (κ2) is 10.7. The molecular formula is C35H36Cl2Zr. The molecule has 0 saturated carbocycles. The Kier molecular flexibility index (Phi) is 8.07. The predicted molar refractivity (Wildman–Crippen MR) is 169 cm³/mol. The van der Waals surface area contributed by atoms with Gasteiger partial charge in [0.2, 0.25) is 0 Å². The molecule has 0 radical (unpaired) electrons. The summed E-state index contributed by atoms with van der Waals surface area (Å²) in [6.07, 6.45) is 3.52. The monoisotopic (exact) mass is 616 g/mol. The van der Waals surface area contributed by atoms with Crippen LogP contribution in [0.15, 0.2) is 118 Å². The second-order valence-electron chi connectivity index (χ2n) is 10.8. The van der Waals surface area contributed by atoms with E-state index in [2.05, 4.69) is 130 Å². The van der Waals surface area contributed by atoms with Crippen molar-refractivity contribution in [3.8, 4) is 11.1 Å². The van der Waals surface area contributed by atoms with Gasteiger partial charge in [0.05, 0.1) is 0 Å². The van der Waals surface area contributed by atoms with Crippen LogP contribution in [0.4, 0.5) is 0 Å². The van der Waals surface area contributed by atoms with Gasteiger partial charge in [-0.15, -0.1) is 24.8 Å². The number of benzene rings is 4. The molecule has 6 rings (SSSR count). The molecule has 0 saturated heterocycles. The van der Waals surface area contributed by atoms with E-state index in [1.807, 2.05) is 0 Å². The number of hydrogen-bond acceptors (Lipinski definition) is 0. The first-order chi connectivity index (χ1) is 17.5. The maximum absolute atomic E-state index is 5.53. The summed E-state index contributed by atoms with van der Waals surface area (Å²) in [4.78, 5) is 0. The van der Waals surface area contributed by atoms with Gasteiger partial charge in [-0.2, -0.15) is 0 Å². The normalized spacial score (nSPS) is 16.2. The minimum atomic E-state index is -4.30. The summed E-state index contributed by atoms with van der Waals surface area (Å²) in [5.74, 6) is 0.364. The molecule has 4 aromatic rings. The van der Waals surface area contributed by atoms with Crippen molar-refractivity contribution < 1.29 is 18.3 Å². The first-order valence-electron chi connectivity index (χ1n) is 13.3. The summed E-state index contributed by atoms with van der Waals surface area (Å²) in [7, 11) is 0. The molecule has 1 atom stereocenters. The first-order valence-corrected chi connectivity index (χ1v) is 20.4. The Balaban J connectivity index is 0.00000168. The van der Waals surface area contributed by atoms with Crippen LogP contribution in [0.2, 0.25) is 4.13 Å². The molecule has 0 aliphatic heterocycles. The van der Waals surface area contributed by atoms with Crippen LogP contribution in [0, 0.1) is 5.92 Å². The van der Waals surface area contributed by atoms with E-state index in [1.165, 1.54) is 42.2 Å². The molecule has 0 aromatic heterocycles. The summed E-state index contributed by atoms with van der Waals surface area (Å²) < 4.78 is 11.3. The molecule has 0 fully saturated rings. The Morgan fingerprint density at radius 1 is 0.763 bits per heavy atom. The Morgan fingerprint density at radius 3 is 2.05 bits per heavy atom. The fraction of sp³-hybridized carbons (Fsp3) is 0.171. The average Bonchev–Trinajstić information content (AvgIpc) is 3.46. The third-order valence-corrected chi connectivity index (χ3v) is 26.8. The minimum absolute atomic E-state index is 0. The van der Waals surface area contributed by atoms with Crippen molar-refractivity contribution in [3.05, 3.63) is 135 Å². The molecule has 2 aliphatic carbocycles. The van der Waals surface area contributed by atoms with Crippen molar-refractivity contribution in [2.75, 3.05) is 0 Å².